The van der Waals surface area contributed by atoms with E-state index in [2.05, 4.69) is 49.8 Å². The lowest BCUT2D eigenvalue weighted by Crippen LogP contribution is -2.29. The van der Waals surface area contributed by atoms with Gasteiger partial charge in [-0.15, -0.1) is 0 Å². The summed E-state index contributed by atoms with van der Waals surface area (Å²) in [4.78, 5) is 23.7. The highest BCUT2D eigenvalue weighted by molar-refractivity contribution is 6.05. The first kappa shape index (κ1) is 22.8. The molecule has 1 saturated heterocycles. The molecular formula is C25H32N6O2. The molecule has 2 aromatic heterocycles. The van der Waals surface area contributed by atoms with Gasteiger partial charge in [-0.1, -0.05) is 0 Å². The first-order chi connectivity index (χ1) is 15.9. The summed E-state index contributed by atoms with van der Waals surface area (Å²) in [6.07, 6.45) is 9.04. The monoisotopic (exact) mass is 448 g/mol. The quantitative estimate of drug-likeness (QED) is 0.561. The van der Waals surface area contributed by atoms with Gasteiger partial charge in [-0.05, 0) is 62.9 Å². The smallest absolute Gasteiger partial charge is 0.255 e. The van der Waals surface area contributed by atoms with Gasteiger partial charge < -0.3 is 25.2 Å². The van der Waals surface area contributed by atoms with Crippen LogP contribution in [0.1, 0.15) is 49.0 Å². The minimum Gasteiger partial charge on any atom is -0.394 e. The average molecular weight is 449 g/mol. The van der Waals surface area contributed by atoms with E-state index in [-0.39, 0.29) is 12.0 Å². The lowest BCUT2D eigenvalue weighted by molar-refractivity contribution is 0.0966. The number of carbonyl (C=O) groups excluding carboxylic acids is 1. The Morgan fingerprint density at radius 2 is 1.79 bits per heavy atom. The Bertz CT molecular complexity index is 1100. The summed E-state index contributed by atoms with van der Waals surface area (Å²) in [6, 6.07) is 8.38. The number of amides is 1. The van der Waals surface area contributed by atoms with E-state index in [9.17, 15) is 4.79 Å². The van der Waals surface area contributed by atoms with E-state index in [0.717, 1.165) is 35.6 Å². The van der Waals surface area contributed by atoms with Crippen molar-refractivity contribution in [2.75, 3.05) is 23.3 Å². The molecule has 0 saturated carbocycles. The van der Waals surface area contributed by atoms with E-state index in [0.29, 0.717) is 17.9 Å². The molecular weight excluding hydrogens is 416 g/mol. The van der Waals surface area contributed by atoms with E-state index in [1.165, 1.54) is 24.9 Å². The Morgan fingerprint density at radius 3 is 2.42 bits per heavy atom. The van der Waals surface area contributed by atoms with Gasteiger partial charge in [-0.25, -0.2) is 9.97 Å². The highest BCUT2D eigenvalue weighted by Crippen LogP contribution is 2.33. The fourth-order valence-corrected chi connectivity index (χ4v) is 4.21. The molecule has 1 amide bonds. The second-order valence-electron chi connectivity index (χ2n) is 8.76. The van der Waals surface area contributed by atoms with Crippen LogP contribution in [0.25, 0.3) is 11.3 Å². The summed E-state index contributed by atoms with van der Waals surface area (Å²) in [7, 11) is 1.94. The molecule has 0 aliphatic carbocycles. The van der Waals surface area contributed by atoms with Crippen molar-refractivity contribution in [2.45, 2.75) is 45.8 Å². The number of nitrogens with one attached hydrogen (secondary N) is 2. The molecule has 33 heavy (non-hydrogen) atoms. The van der Waals surface area contributed by atoms with Gasteiger partial charge >= 0.3 is 0 Å². The fraction of sp³-hybridized carbons (Fsp3) is 0.400. The standard InChI is InChI=1S/C22H24N6O.C3H8O/c1-27-14-23-13-19(27)17-11-24-21(20-18(17)12-25-22(20)29)26-15-5-7-16(8-6-15)28-9-3-2-4-10-28;1-3(2)4/h5-8,11,13-14H,2-4,9-10,12H2,1H3,(H,24,26)(H,25,29);3-4H,1-2H3. The number of piperidine rings is 1. The second-order valence-corrected chi connectivity index (χ2v) is 8.76. The zero-order valence-electron chi connectivity index (χ0n) is 19.5. The molecule has 2 aliphatic rings. The summed E-state index contributed by atoms with van der Waals surface area (Å²) >= 11 is 0. The molecule has 3 aromatic rings. The van der Waals surface area contributed by atoms with Crippen LogP contribution < -0.4 is 15.5 Å². The first-order valence-corrected chi connectivity index (χ1v) is 11.5. The second kappa shape index (κ2) is 10.0. The van der Waals surface area contributed by atoms with E-state index in [1.54, 1.807) is 26.4 Å². The number of rotatable bonds is 4. The maximum absolute atomic E-state index is 12.5. The number of aliphatic hydroxyl groups is 1. The van der Waals surface area contributed by atoms with Crippen LogP contribution in [0.2, 0.25) is 0 Å². The summed E-state index contributed by atoms with van der Waals surface area (Å²) in [5.41, 5.74) is 5.63. The molecule has 8 heteroatoms. The van der Waals surface area contributed by atoms with Crippen molar-refractivity contribution in [3.8, 4) is 11.3 Å². The van der Waals surface area contributed by atoms with Crippen LogP contribution in [0.5, 0.6) is 0 Å². The number of hydrogen-bond donors (Lipinski definition) is 3. The Labute approximate surface area is 194 Å². The number of aliphatic hydroxyl groups excluding tert-OH is 1. The third-order valence-electron chi connectivity index (χ3n) is 5.78. The number of aromatic nitrogens is 3. The predicted molar refractivity (Wildman–Crippen MR) is 131 cm³/mol. The Morgan fingerprint density at radius 1 is 1.09 bits per heavy atom. The predicted octanol–water partition coefficient (Wildman–Crippen LogP) is 3.85. The van der Waals surface area contributed by atoms with Crippen LogP contribution in [0.15, 0.2) is 43.0 Å². The maximum Gasteiger partial charge on any atom is 0.255 e. The van der Waals surface area contributed by atoms with Gasteiger partial charge in [0, 0.05) is 55.9 Å². The highest BCUT2D eigenvalue weighted by Gasteiger charge is 2.28. The van der Waals surface area contributed by atoms with Crippen LogP contribution in [0, 0.1) is 0 Å². The van der Waals surface area contributed by atoms with Crippen LogP contribution in [0.4, 0.5) is 17.2 Å². The summed E-state index contributed by atoms with van der Waals surface area (Å²) < 4.78 is 1.94. The average Bonchev–Trinajstić information content (AvgIpc) is 3.41. The first-order valence-electron chi connectivity index (χ1n) is 11.5. The van der Waals surface area contributed by atoms with Gasteiger partial charge in [0.25, 0.3) is 5.91 Å². The topological polar surface area (TPSA) is 95.3 Å². The van der Waals surface area contributed by atoms with Crippen molar-refractivity contribution in [3.63, 3.8) is 0 Å². The van der Waals surface area contributed by atoms with Crippen molar-refractivity contribution < 1.29 is 9.90 Å². The number of pyridine rings is 1. The number of anilines is 3. The van der Waals surface area contributed by atoms with Crippen LogP contribution in [-0.2, 0) is 13.6 Å². The number of nitrogens with zero attached hydrogens (tertiary/aromatic N) is 4. The number of fused-ring (bicyclic) bond motifs is 1. The molecule has 3 N–H and O–H groups in total. The molecule has 0 unspecified atom stereocenters. The molecule has 174 valence electrons. The third kappa shape index (κ3) is 5.17. The van der Waals surface area contributed by atoms with E-state index in [4.69, 9.17) is 5.11 Å². The van der Waals surface area contributed by atoms with Crippen molar-refractivity contribution >= 4 is 23.1 Å². The maximum atomic E-state index is 12.5. The third-order valence-corrected chi connectivity index (χ3v) is 5.78. The van der Waals surface area contributed by atoms with E-state index in [1.807, 2.05) is 17.8 Å². The molecule has 1 fully saturated rings. The minimum atomic E-state index is -0.167. The van der Waals surface area contributed by atoms with Crippen molar-refractivity contribution in [1.29, 1.82) is 0 Å². The largest absolute Gasteiger partial charge is 0.394 e. The van der Waals surface area contributed by atoms with Gasteiger partial charge in [0.05, 0.1) is 23.8 Å². The van der Waals surface area contributed by atoms with Crippen molar-refractivity contribution in [1.82, 2.24) is 19.9 Å². The summed E-state index contributed by atoms with van der Waals surface area (Å²) in [6.45, 7) is 6.19. The minimum absolute atomic E-state index is 0.0936. The number of benzene rings is 1. The molecule has 2 aliphatic heterocycles. The fourth-order valence-electron chi connectivity index (χ4n) is 4.21. The molecule has 8 nitrogen and oxygen atoms in total. The summed E-state index contributed by atoms with van der Waals surface area (Å²) in [5.74, 6) is 0.496. The van der Waals surface area contributed by atoms with Crippen LogP contribution >= 0.6 is 0 Å². The van der Waals surface area contributed by atoms with Gasteiger partial charge in [-0.2, -0.15) is 0 Å². The van der Waals surface area contributed by atoms with Gasteiger partial charge in [0.1, 0.15) is 5.82 Å². The van der Waals surface area contributed by atoms with Crippen molar-refractivity contribution in [3.05, 3.63) is 54.1 Å². The molecule has 5 rings (SSSR count). The van der Waals surface area contributed by atoms with Gasteiger partial charge in [0.15, 0.2) is 0 Å². The Hall–Kier alpha value is -3.39. The zero-order chi connectivity index (χ0) is 23.4. The number of carbonyl (C=O) groups is 1. The van der Waals surface area contributed by atoms with E-state index >= 15 is 0 Å². The normalized spacial score (nSPS) is 15.1. The molecule has 0 bridgehead atoms. The van der Waals surface area contributed by atoms with Gasteiger partial charge in [0.2, 0.25) is 0 Å². The van der Waals surface area contributed by atoms with E-state index < -0.39 is 0 Å². The number of hydrogen-bond acceptors (Lipinski definition) is 6. The lowest BCUT2D eigenvalue weighted by atomic mass is 10.0. The molecule has 1 aromatic carbocycles. The Balaban J connectivity index is 0.000000601. The highest BCUT2D eigenvalue weighted by atomic mass is 16.3. The number of aryl methyl sites for hydroxylation is 1. The molecule has 4 heterocycles. The Kier molecular flexibility index (Phi) is 6.93. The zero-order valence-corrected chi connectivity index (χ0v) is 19.5. The SMILES string of the molecule is CC(C)O.Cn1cncc1-c1cnc(Nc2ccc(N3CCCCC3)cc2)c2c1CNC2=O. The molecule has 0 atom stereocenters. The van der Waals surface area contributed by atoms with Crippen molar-refractivity contribution in [2.24, 2.45) is 7.05 Å². The number of imidazole rings is 1. The lowest BCUT2D eigenvalue weighted by Gasteiger charge is -2.28. The summed E-state index contributed by atoms with van der Waals surface area (Å²) in [5, 5.41) is 14.3. The molecule has 0 radical (unpaired) electrons. The van der Waals surface area contributed by atoms with Crippen LogP contribution in [0.3, 0.4) is 0 Å². The van der Waals surface area contributed by atoms with Gasteiger partial charge in [-0.3, -0.25) is 4.79 Å². The molecule has 0 spiro atoms. The van der Waals surface area contributed by atoms with Crippen LogP contribution in [-0.4, -0.2) is 44.7 Å².